The van der Waals surface area contributed by atoms with Crippen molar-refractivity contribution in [3.63, 3.8) is 0 Å². The molecule has 2 amide bonds. The summed E-state index contributed by atoms with van der Waals surface area (Å²) in [7, 11) is -4.08. The van der Waals surface area contributed by atoms with Gasteiger partial charge in [-0.2, -0.15) is 0 Å². The van der Waals surface area contributed by atoms with Crippen molar-refractivity contribution in [2.24, 2.45) is 0 Å². The molecule has 3 aromatic rings. The molecule has 3 rings (SSSR count). The first-order chi connectivity index (χ1) is 18.6. The molecule has 0 fully saturated rings. The van der Waals surface area contributed by atoms with Gasteiger partial charge in [-0.05, 0) is 69.0 Å². The van der Waals surface area contributed by atoms with Crippen molar-refractivity contribution >= 4 is 27.5 Å². The van der Waals surface area contributed by atoms with Gasteiger partial charge in [0.25, 0.3) is 10.0 Å². The maximum absolute atomic E-state index is 14.0. The van der Waals surface area contributed by atoms with E-state index in [4.69, 9.17) is 0 Å². The number of sulfonamides is 1. The van der Waals surface area contributed by atoms with E-state index >= 15 is 0 Å². The van der Waals surface area contributed by atoms with E-state index in [0.717, 1.165) is 27.4 Å². The highest BCUT2D eigenvalue weighted by atomic mass is 32.2. The van der Waals surface area contributed by atoms with Crippen LogP contribution in [0.3, 0.4) is 0 Å². The van der Waals surface area contributed by atoms with Crippen molar-refractivity contribution in [2.45, 2.75) is 71.0 Å². The van der Waals surface area contributed by atoms with Crippen LogP contribution in [-0.2, 0) is 26.2 Å². The minimum atomic E-state index is -4.08. The average Bonchev–Trinajstić information content (AvgIpc) is 2.92. The Labute approximate surface area is 232 Å². The van der Waals surface area contributed by atoms with Crippen LogP contribution in [0.5, 0.6) is 0 Å². The van der Waals surface area contributed by atoms with Crippen molar-refractivity contribution in [3.8, 4) is 0 Å². The highest BCUT2D eigenvalue weighted by Crippen LogP contribution is 2.26. The van der Waals surface area contributed by atoms with Crippen LogP contribution in [-0.4, -0.2) is 43.8 Å². The Morgan fingerprint density at radius 3 is 2.10 bits per heavy atom. The fourth-order valence-corrected chi connectivity index (χ4v) is 5.70. The molecule has 0 radical (unpaired) electrons. The van der Waals surface area contributed by atoms with Gasteiger partial charge in [-0.25, -0.2) is 8.42 Å². The second kappa shape index (κ2) is 13.4. The van der Waals surface area contributed by atoms with E-state index in [1.807, 2.05) is 71.0 Å². The van der Waals surface area contributed by atoms with E-state index in [0.29, 0.717) is 12.1 Å². The van der Waals surface area contributed by atoms with Crippen LogP contribution in [0.1, 0.15) is 50.3 Å². The quantitative estimate of drug-likeness (QED) is 0.336. The van der Waals surface area contributed by atoms with Gasteiger partial charge in [0.05, 0.1) is 10.6 Å². The van der Waals surface area contributed by atoms with Gasteiger partial charge < -0.3 is 10.2 Å². The number of amides is 2. The van der Waals surface area contributed by atoms with Gasteiger partial charge in [-0.1, -0.05) is 74.0 Å². The van der Waals surface area contributed by atoms with Gasteiger partial charge >= 0.3 is 0 Å². The zero-order valence-corrected chi connectivity index (χ0v) is 24.2. The van der Waals surface area contributed by atoms with Gasteiger partial charge in [0.15, 0.2) is 0 Å². The first-order valence-corrected chi connectivity index (χ1v) is 14.8. The Morgan fingerprint density at radius 2 is 1.51 bits per heavy atom. The third-order valence-electron chi connectivity index (χ3n) is 6.76. The maximum Gasteiger partial charge on any atom is 0.264 e. The van der Waals surface area contributed by atoms with Crippen LogP contribution in [0.4, 0.5) is 5.69 Å². The summed E-state index contributed by atoms with van der Waals surface area (Å²) in [5.41, 5.74) is 3.04. The van der Waals surface area contributed by atoms with Gasteiger partial charge in [0.1, 0.15) is 12.6 Å². The molecule has 1 N–H and O–H groups in total. The summed E-state index contributed by atoms with van der Waals surface area (Å²) in [6, 6.07) is 22.2. The number of carbonyl (C=O) groups excluding carboxylic acids is 2. The van der Waals surface area contributed by atoms with E-state index in [-0.39, 0.29) is 23.4 Å². The van der Waals surface area contributed by atoms with Crippen molar-refractivity contribution < 1.29 is 18.0 Å². The molecule has 0 saturated heterocycles. The fourth-order valence-electron chi connectivity index (χ4n) is 4.29. The molecule has 3 aromatic carbocycles. The Balaban J connectivity index is 2.04. The smallest absolute Gasteiger partial charge is 0.264 e. The zero-order chi connectivity index (χ0) is 28.6. The fraction of sp³-hybridized carbons (Fsp3) is 0.355. The minimum absolute atomic E-state index is 0.0501. The molecule has 2 atom stereocenters. The van der Waals surface area contributed by atoms with E-state index in [2.05, 4.69) is 5.32 Å². The molecular formula is C31H39N3O4S. The molecule has 0 aliphatic heterocycles. The average molecular weight is 550 g/mol. The summed E-state index contributed by atoms with van der Waals surface area (Å²) < 4.78 is 29.0. The predicted molar refractivity (Wildman–Crippen MR) is 156 cm³/mol. The second-order valence-electron chi connectivity index (χ2n) is 9.91. The number of aryl methyl sites for hydroxylation is 2. The van der Waals surface area contributed by atoms with Crippen molar-refractivity contribution in [2.75, 3.05) is 10.8 Å². The monoisotopic (exact) mass is 549 g/mol. The topological polar surface area (TPSA) is 86.8 Å². The zero-order valence-electron chi connectivity index (χ0n) is 23.4. The van der Waals surface area contributed by atoms with E-state index in [9.17, 15) is 18.0 Å². The standard InChI is InChI=1S/C31H39N3O4S/c1-6-25(5)32-31(36)29(7-2)33(21-26-13-9-8-10-14-26)30(35)22-34(27-15-11-12-24(4)20-27)39(37,38)28-18-16-23(3)17-19-28/h8-20,25,29H,6-7,21-22H2,1-5H3,(H,32,36)/t25-,29+/m1/s1. The Hall–Kier alpha value is -3.65. The first-order valence-electron chi connectivity index (χ1n) is 13.4. The Morgan fingerprint density at radius 1 is 0.846 bits per heavy atom. The molecule has 0 aliphatic rings. The number of anilines is 1. The predicted octanol–water partition coefficient (Wildman–Crippen LogP) is 5.22. The van der Waals surface area contributed by atoms with Crippen LogP contribution in [0.2, 0.25) is 0 Å². The number of carbonyl (C=O) groups is 2. The lowest BCUT2D eigenvalue weighted by Crippen LogP contribution is -2.53. The van der Waals surface area contributed by atoms with Crippen LogP contribution in [0.15, 0.2) is 83.8 Å². The van der Waals surface area contributed by atoms with Crippen LogP contribution in [0, 0.1) is 13.8 Å². The number of nitrogens with zero attached hydrogens (tertiary/aromatic N) is 2. The normalized spacial score (nSPS) is 12.8. The minimum Gasteiger partial charge on any atom is -0.352 e. The van der Waals surface area contributed by atoms with Crippen molar-refractivity contribution in [1.82, 2.24) is 10.2 Å². The molecule has 0 aromatic heterocycles. The summed E-state index contributed by atoms with van der Waals surface area (Å²) in [6.45, 7) is 9.24. The third kappa shape index (κ3) is 7.69. The lowest BCUT2D eigenvalue weighted by molar-refractivity contribution is -0.140. The lowest BCUT2D eigenvalue weighted by Gasteiger charge is -2.33. The molecule has 0 bridgehead atoms. The number of nitrogens with one attached hydrogen (secondary N) is 1. The third-order valence-corrected chi connectivity index (χ3v) is 8.55. The molecule has 208 valence electrons. The van der Waals surface area contributed by atoms with Gasteiger partial charge in [-0.15, -0.1) is 0 Å². The summed E-state index contributed by atoms with van der Waals surface area (Å²) in [5.74, 6) is -0.707. The van der Waals surface area contributed by atoms with Gasteiger partial charge in [-0.3, -0.25) is 13.9 Å². The SMILES string of the molecule is CC[C@@H](C)NC(=O)[C@H](CC)N(Cc1ccccc1)C(=O)CN(c1cccc(C)c1)S(=O)(=O)c1ccc(C)cc1. The van der Waals surface area contributed by atoms with Crippen LogP contribution in [0.25, 0.3) is 0 Å². The summed E-state index contributed by atoms with van der Waals surface area (Å²) in [6.07, 6.45) is 1.14. The largest absolute Gasteiger partial charge is 0.352 e. The van der Waals surface area contributed by atoms with Crippen LogP contribution < -0.4 is 9.62 Å². The Bertz CT molecular complexity index is 1360. The molecule has 39 heavy (non-hydrogen) atoms. The lowest BCUT2D eigenvalue weighted by atomic mass is 10.1. The molecule has 7 nitrogen and oxygen atoms in total. The first kappa shape index (κ1) is 29.9. The van der Waals surface area contributed by atoms with Gasteiger partial charge in [0, 0.05) is 12.6 Å². The van der Waals surface area contributed by atoms with E-state index in [1.54, 1.807) is 42.5 Å². The highest BCUT2D eigenvalue weighted by Gasteiger charge is 2.34. The molecule has 0 unspecified atom stereocenters. The summed E-state index contributed by atoms with van der Waals surface area (Å²) >= 11 is 0. The molecule has 0 aliphatic carbocycles. The number of hydrogen-bond donors (Lipinski definition) is 1. The summed E-state index contributed by atoms with van der Waals surface area (Å²) in [4.78, 5) is 28.9. The molecule has 0 saturated carbocycles. The van der Waals surface area contributed by atoms with E-state index in [1.165, 1.54) is 4.90 Å². The highest BCUT2D eigenvalue weighted by molar-refractivity contribution is 7.92. The van der Waals surface area contributed by atoms with Crippen LogP contribution >= 0.6 is 0 Å². The molecule has 0 heterocycles. The van der Waals surface area contributed by atoms with Crippen molar-refractivity contribution in [1.29, 1.82) is 0 Å². The molecule has 8 heteroatoms. The number of hydrogen-bond acceptors (Lipinski definition) is 4. The van der Waals surface area contributed by atoms with Gasteiger partial charge in [0.2, 0.25) is 11.8 Å². The van der Waals surface area contributed by atoms with Crippen molar-refractivity contribution in [3.05, 3.63) is 95.6 Å². The number of rotatable bonds is 12. The number of benzene rings is 3. The second-order valence-corrected chi connectivity index (χ2v) is 11.8. The Kier molecular flexibility index (Phi) is 10.3. The molecule has 0 spiro atoms. The maximum atomic E-state index is 14.0. The molecular weight excluding hydrogens is 510 g/mol. The summed E-state index contributed by atoms with van der Waals surface area (Å²) in [5, 5.41) is 2.99. The van der Waals surface area contributed by atoms with E-state index < -0.39 is 28.5 Å².